The standard InChI is InChI=1S/C19H21N3O2S/c1-3-22(12-15-7-5-4-6-14(15)2)18(23)9-8-17-20-19(21-24-17)16-10-11-25-13-16/h4-7,10-11,13H,3,8-9,12H2,1-2H3. The van der Waals surface area contributed by atoms with E-state index in [1.54, 1.807) is 11.3 Å². The zero-order chi connectivity index (χ0) is 17.6. The Kier molecular flexibility index (Phi) is 5.60. The van der Waals surface area contributed by atoms with Crippen molar-refractivity contribution >= 4 is 17.2 Å². The molecule has 0 radical (unpaired) electrons. The largest absolute Gasteiger partial charge is 0.339 e. The van der Waals surface area contributed by atoms with Crippen LogP contribution in [0.4, 0.5) is 0 Å². The molecule has 3 rings (SSSR count). The average molecular weight is 355 g/mol. The van der Waals surface area contributed by atoms with E-state index in [9.17, 15) is 4.79 Å². The molecule has 0 fully saturated rings. The monoisotopic (exact) mass is 355 g/mol. The van der Waals surface area contributed by atoms with E-state index in [-0.39, 0.29) is 5.91 Å². The molecule has 0 atom stereocenters. The number of carbonyl (C=O) groups is 1. The first-order chi connectivity index (χ1) is 12.2. The summed E-state index contributed by atoms with van der Waals surface area (Å²) in [6, 6.07) is 10.1. The van der Waals surface area contributed by atoms with E-state index in [1.165, 1.54) is 11.1 Å². The van der Waals surface area contributed by atoms with Crippen molar-refractivity contribution in [1.29, 1.82) is 0 Å². The molecule has 1 amide bonds. The Morgan fingerprint density at radius 1 is 1.28 bits per heavy atom. The number of benzene rings is 1. The summed E-state index contributed by atoms with van der Waals surface area (Å²) in [6.07, 6.45) is 0.825. The lowest BCUT2D eigenvalue weighted by Crippen LogP contribution is -2.30. The maximum absolute atomic E-state index is 12.5. The summed E-state index contributed by atoms with van der Waals surface area (Å²) in [7, 11) is 0. The molecule has 0 saturated heterocycles. The minimum atomic E-state index is 0.0982. The highest BCUT2D eigenvalue weighted by molar-refractivity contribution is 7.08. The van der Waals surface area contributed by atoms with Crippen molar-refractivity contribution in [2.75, 3.05) is 6.54 Å². The van der Waals surface area contributed by atoms with Gasteiger partial charge in [-0.1, -0.05) is 29.4 Å². The van der Waals surface area contributed by atoms with Gasteiger partial charge in [-0.15, -0.1) is 0 Å². The summed E-state index contributed by atoms with van der Waals surface area (Å²) in [4.78, 5) is 18.8. The lowest BCUT2D eigenvalue weighted by molar-refractivity contribution is -0.131. The second-order valence-electron chi connectivity index (χ2n) is 5.86. The van der Waals surface area contributed by atoms with Crippen LogP contribution in [0.25, 0.3) is 11.4 Å². The molecule has 2 heterocycles. The summed E-state index contributed by atoms with van der Waals surface area (Å²) < 4.78 is 5.26. The number of nitrogens with zero attached hydrogens (tertiary/aromatic N) is 3. The third-order valence-corrected chi connectivity index (χ3v) is 4.84. The van der Waals surface area contributed by atoms with Gasteiger partial charge in [-0.2, -0.15) is 16.3 Å². The molecule has 25 heavy (non-hydrogen) atoms. The van der Waals surface area contributed by atoms with Gasteiger partial charge in [0.2, 0.25) is 17.6 Å². The van der Waals surface area contributed by atoms with E-state index in [4.69, 9.17) is 4.52 Å². The third kappa shape index (κ3) is 4.33. The van der Waals surface area contributed by atoms with Gasteiger partial charge in [0.05, 0.1) is 0 Å². The van der Waals surface area contributed by atoms with Crippen LogP contribution in [-0.2, 0) is 17.8 Å². The average Bonchev–Trinajstić information content (AvgIpc) is 3.30. The zero-order valence-electron chi connectivity index (χ0n) is 14.4. The van der Waals surface area contributed by atoms with Gasteiger partial charge in [0, 0.05) is 36.9 Å². The first-order valence-electron chi connectivity index (χ1n) is 8.34. The highest BCUT2D eigenvalue weighted by Gasteiger charge is 2.16. The van der Waals surface area contributed by atoms with E-state index < -0.39 is 0 Å². The molecule has 0 N–H and O–H groups in total. The molecule has 3 aromatic rings. The van der Waals surface area contributed by atoms with Crippen LogP contribution in [0.1, 0.15) is 30.4 Å². The summed E-state index contributed by atoms with van der Waals surface area (Å²) in [5.41, 5.74) is 3.32. The number of rotatable bonds is 7. The molecule has 5 nitrogen and oxygen atoms in total. The van der Waals surface area contributed by atoms with Crippen LogP contribution in [0.15, 0.2) is 45.6 Å². The lowest BCUT2D eigenvalue weighted by atomic mass is 10.1. The van der Waals surface area contributed by atoms with Crippen molar-refractivity contribution in [2.45, 2.75) is 33.2 Å². The predicted molar refractivity (Wildman–Crippen MR) is 98.2 cm³/mol. The number of aromatic nitrogens is 2. The van der Waals surface area contributed by atoms with Crippen LogP contribution in [0, 0.1) is 6.92 Å². The van der Waals surface area contributed by atoms with Crippen LogP contribution in [0.5, 0.6) is 0 Å². The van der Waals surface area contributed by atoms with Gasteiger partial charge in [0.25, 0.3) is 0 Å². The molecule has 0 aliphatic carbocycles. The van der Waals surface area contributed by atoms with Crippen LogP contribution >= 0.6 is 11.3 Å². The Morgan fingerprint density at radius 3 is 2.84 bits per heavy atom. The van der Waals surface area contributed by atoms with E-state index >= 15 is 0 Å². The van der Waals surface area contributed by atoms with E-state index in [0.29, 0.717) is 37.6 Å². The summed E-state index contributed by atoms with van der Waals surface area (Å²) in [6.45, 7) is 5.37. The highest BCUT2D eigenvalue weighted by atomic mass is 32.1. The molecule has 6 heteroatoms. The number of carbonyl (C=O) groups excluding carboxylic acids is 1. The van der Waals surface area contributed by atoms with Crippen molar-refractivity contribution in [3.63, 3.8) is 0 Å². The van der Waals surface area contributed by atoms with Crippen molar-refractivity contribution in [3.8, 4) is 11.4 Å². The van der Waals surface area contributed by atoms with Crippen molar-refractivity contribution in [2.24, 2.45) is 0 Å². The van der Waals surface area contributed by atoms with Gasteiger partial charge < -0.3 is 9.42 Å². The maximum Gasteiger partial charge on any atom is 0.227 e. The fourth-order valence-electron chi connectivity index (χ4n) is 2.61. The fraction of sp³-hybridized carbons (Fsp3) is 0.316. The minimum absolute atomic E-state index is 0.0982. The van der Waals surface area contributed by atoms with Gasteiger partial charge in [0.15, 0.2) is 0 Å². The number of aryl methyl sites for hydroxylation is 2. The molecule has 0 spiro atoms. The van der Waals surface area contributed by atoms with Gasteiger partial charge in [-0.3, -0.25) is 4.79 Å². The topological polar surface area (TPSA) is 59.2 Å². The van der Waals surface area contributed by atoms with E-state index in [2.05, 4.69) is 29.2 Å². The molecule has 0 bridgehead atoms. The summed E-state index contributed by atoms with van der Waals surface area (Å²) in [5, 5.41) is 7.92. The molecular formula is C19H21N3O2S. The Hall–Kier alpha value is -2.47. The molecule has 0 aliphatic heterocycles. The molecule has 1 aromatic carbocycles. The smallest absolute Gasteiger partial charge is 0.227 e. The molecule has 0 aliphatic rings. The van der Waals surface area contributed by atoms with Crippen LogP contribution in [0.2, 0.25) is 0 Å². The predicted octanol–water partition coefficient (Wildman–Crippen LogP) is 4.09. The molecule has 2 aromatic heterocycles. The Labute approximate surface area is 151 Å². The maximum atomic E-state index is 12.5. The molecule has 130 valence electrons. The molecule has 0 unspecified atom stereocenters. The number of hydrogen-bond donors (Lipinski definition) is 0. The molecule has 0 saturated carbocycles. The Bertz CT molecular complexity index is 827. The van der Waals surface area contributed by atoms with Gasteiger partial charge in [-0.25, -0.2) is 0 Å². The minimum Gasteiger partial charge on any atom is -0.339 e. The van der Waals surface area contributed by atoms with Gasteiger partial charge in [-0.05, 0) is 36.4 Å². The van der Waals surface area contributed by atoms with Crippen molar-refractivity contribution in [3.05, 3.63) is 58.1 Å². The summed E-state index contributed by atoms with van der Waals surface area (Å²) >= 11 is 1.59. The Morgan fingerprint density at radius 2 is 2.12 bits per heavy atom. The highest BCUT2D eigenvalue weighted by Crippen LogP contribution is 2.19. The number of thiophene rings is 1. The zero-order valence-corrected chi connectivity index (χ0v) is 15.3. The second kappa shape index (κ2) is 8.07. The number of hydrogen-bond acceptors (Lipinski definition) is 5. The van der Waals surface area contributed by atoms with Crippen molar-refractivity contribution in [1.82, 2.24) is 15.0 Å². The van der Waals surface area contributed by atoms with Crippen LogP contribution in [0.3, 0.4) is 0 Å². The quantitative estimate of drug-likeness (QED) is 0.640. The summed E-state index contributed by atoms with van der Waals surface area (Å²) in [5.74, 6) is 1.18. The first-order valence-corrected chi connectivity index (χ1v) is 9.29. The first kappa shape index (κ1) is 17.4. The fourth-order valence-corrected chi connectivity index (χ4v) is 3.24. The Balaban J connectivity index is 1.58. The second-order valence-corrected chi connectivity index (χ2v) is 6.64. The van der Waals surface area contributed by atoms with Crippen LogP contribution < -0.4 is 0 Å². The van der Waals surface area contributed by atoms with E-state index in [0.717, 1.165) is 5.56 Å². The lowest BCUT2D eigenvalue weighted by Gasteiger charge is -2.21. The number of amides is 1. The van der Waals surface area contributed by atoms with Crippen LogP contribution in [-0.4, -0.2) is 27.5 Å². The van der Waals surface area contributed by atoms with Crippen molar-refractivity contribution < 1.29 is 9.32 Å². The van der Waals surface area contributed by atoms with Gasteiger partial charge in [0.1, 0.15) is 0 Å². The molecular weight excluding hydrogens is 334 g/mol. The third-order valence-electron chi connectivity index (χ3n) is 4.16. The normalized spacial score (nSPS) is 10.8. The van der Waals surface area contributed by atoms with E-state index in [1.807, 2.05) is 40.8 Å². The SMILES string of the molecule is CCN(Cc1ccccc1C)C(=O)CCc1nc(-c2ccsc2)no1. The van der Waals surface area contributed by atoms with Gasteiger partial charge >= 0.3 is 0 Å².